The van der Waals surface area contributed by atoms with Crippen LogP contribution in [-0.2, 0) is 19.1 Å². The van der Waals surface area contributed by atoms with E-state index < -0.39 is 36.1 Å². The van der Waals surface area contributed by atoms with Gasteiger partial charge in [-0.2, -0.15) is 0 Å². The fraction of sp³-hybridized carbons (Fsp3) is 0.424. The van der Waals surface area contributed by atoms with Crippen molar-refractivity contribution in [2.24, 2.45) is 5.92 Å². The highest BCUT2D eigenvalue weighted by atomic mass is 16.5. The van der Waals surface area contributed by atoms with E-state index in [1.54, 1.807) is 13.2 Å². The van der Waals surface area contributed by atoms with Crippen molar-refractivity contribution in [2.75, 3.05) is 31.7 Å². The second kappa shape index (κ2) is 15.8. The molecule has 9 nitrogen and oxygen atoms in total. The zero-order valence-corrected chi connectivity index (χ0v) is 24.8. The number of nitrogens with zero attached hydrogens (tertiary/aromatic N) is 2. The summed E-state index contributed by atoms with van der Waals surface area (Å²) in [6.07, 6.45) is 3.12. The smallest absolute Gasteiger partial charge is 0.329 e. The number of aliphatic hydroxyl groups is 1. The van der Waals surface area contributed by atoms with E-state index in [1.807, 2.05) is 73.3 Å². The van der Waals surface area contributed by atoms with Crippen LogP contribution in [0.5, 0.6) is 5.75 Å². The molecule has 226 valence electrons. The summed E-state index contributed by atoms with van der Waals surface area (Å²) in [5, 5.41) is 14.5. The Hall–Kier alpha value is -4.11. The van der Waals surface area contributed by atoms with E-state index in [9.17, 15) is 19.5 Å². The number of amides is 2. The van der Waals surface area contributed by atoms with Crippen molar-refractivity contribution in [3.8, 4) is 5.75 Å². The molecular weight excluding hydrogens is 534 g/mol. The number of rotatable bonds is 15. The van der Waals surface area contributed by atoms with E-state index in [2.05, 4.69) is 18.5 Å². The summed E-state index contributed by atoms with van der Waals surface area (Å²) in [6, 6.07) is 14.1. The molecule has 2 N–H and O–H groups in total. The van der Waals surface area contributed by atoms with Gasteiger partial charge in [0, 0.05) is 18.8 Å². The molecule has 1 aliphatic rings. The number of likely N-dealkylation sites (tertiary alicyclic amines) is 1. The first-order valence-electron chi connectivity index (χ1n) is 14.3. The lowest BCUT2D eigenvalue weighted by Crippen LogP contribution is -2.55. The van der Waals surface area contributed by atoms with Crippen LogP contribution in [0.4, 0.5) is 5.69 Å². The fourth-order valence-corrected chi connectivity index (χ4v) is 5.28. The van der Waals surface area contributed by atoms with Gasteiger partial charge in [-0.25, -0.2) is 4.79 Å². The Morgan fingerprint density at radius 1 is 1.10 bits per heavy atom. The highest BCUT2D eigenvalue weighted by Gasteiger charge is 2.40. The molecule has 1 fully saturated rings. The third-order valence-electron chi connectivity index (χ3n) is 7.25. The van der Waals surface area contributed by atoms with Gasteiger partial charge >= 0.3 is 5.97 Å². The van der Waals surface area contributed by atoms with Crippen molar-refractivity contribution in [2.45, 2.75) is 57.3 Å². The van der Waals surface area contributed by atoms with Crippen molar-refractivity contribution < 1.29 is 29.0 Å². The van der Waals surface area contributed by atoms with Gasteiger partial charge in [-0.15, -0.1) is 6.58 Å². The Balaban J connectivity index is 1.90. The molecular formula is C33H43N3O6. The van der Waals surface area contributed by atoms with Crippen LogP contribution >= 0.6 is 0 Å². The van der Waals surface area contributed by atoms with Crippen LogP contribution in [0.25, 0.3) is 0 Å². The van der Waals surface area contributed by atoms with Crippen molar-refractivity contribution in [3.63, 3.8) is 0 Å². The average Bonchev–Trinajstić information content (AvgIpc) is 3.49. The number of esters is 1. The molecule has 0 aromatic heterocycles. The van der Waals surface area contributed by atoms with Crippen LogP contribution in [0.15, 0.2) is 79.9 Å². The Morgan fingerprint density at radius 3 is 2.38 bits per heavy atom. The van der Waals surface area contributed by atoms with E-state index in [-0.39, 0.29) is 18.4 Å². The SMILES string of the molecule is C=CCOC(=O)[C@@H]1CCCN1C(=O)[C@H](CC(C)C)NC(=O)[C@@H](O)[C@H](c1ccccc1)N(CC=C)c1ccc(OC)cc1. The Morgan fingerprint density at radius 2 is 1.79 bits per heavy atom. The molecule has 1 saturated heterocycles. The van der Waals surface area contributed by atoms with Crippen molar-refractivity contribution in [3.05, 3.63) is 85.5 Å². The van der Waals surface area contributed by atoms with Crippen molar-refractivity contribution in [1.29, 1.82) is 0 Å². The van der Waals surface area contributed by atoms with Gasteiger partial charge in [0.05, 0.1) is 13.2 Å². The van der Waals surface area contributed by atoms with Gasteiger partial charge in [0.15, 0.2) is 6.10 Å². The van der Waals surface area contributed by atoms with Crippen LogP contribution in [0.2, 0.25) is 0 Å². The van der Waals surface area contributed by atoms with Gasteiger partial charge in [0.25, 0.3) is 5.91 Å². The number of ether oxygens (including phenoxy) is 2. The highest BCUT2D eigenvalue weighted by Crippen LogP contribution is 2.32. The summed E-state index contributed by atoms with van der Waals surface area (Å²) in [7, 11) is 1.58. The first-order valence-corrected chi connectivity index (χ1v) is 14.3. The molecule has 42 heavy (non-hydrogen) atoms. The fourth-order valence-electron chi connectivity index (χ4n) is 5.28. The number of carbonyl (C=O) groups excluding carboxylic acids is 3. The van der Waals surface area contributed by atoms with Gasteiger partial charge in [-0.1, -0.05) is 62.9 Å². The lowest BCUT2D eigenvalue weighted by Gasteiger charge is -2.36. The van der Waals surface area contributed by atoms with Crippen LogP contribution in [0.1, 0.15) is 44.7 Å². The molecule has 1 aliphatic heterocycles. The Bertz CT molecular complexity index is 1200. The minimum absolute atomic E-state index is 0.0615. The maximum absolute atomic E-state index is 13.8. The van der Waals surface area contributed by atoms with Gasteiger partial charge in [-0.05, 0) is 55.0 Å². The molecule has 0 unspecified atom stereocenters. The first kappa shape index (κ1) is 32.4. The maximum atomic E-state index is 13.8. The topological polar surface area (TPSA) is 108 Å². The molecule has 2 aromatic rings. The standard InChI is InChI=1S/C33H43N3O6/c1-6-19-35(25-15-17-26(41-5)18-16-25)29(24-12-9-8-10-13-24)30(37)31(38)34-27(22-23(3)4)32(39)36-20-11-14-28(36)33(40)42-21-7-2/h6-10,12-13,15-18,23,27-30,37H,1-2,11,14,19-22H2,3-5H3,(H,34,38)/t27-,28-,29-,30-/m0/s1. The summed E-state index contributed by atoms with van der Waals surface area (Å²) in [5.74, 6) is -0.798. The van der Waals surface area contributed by atoms with Gasteiger partial charge < -0.3 is 29.7 Å². The molecule has 2 amide bonds. The number of nitrogens with one attached hydrogen (secondary N) is 1. The first-order chi connectivity index (χ1) is 20.2. The Labute approximate surface area is 248 Å². The highest BCUT2D eigenvalue weighted by molar-refractivity contribution is 5.92. The molecule has 2 aromatic carbocycles. The normalized spacial score (nSPS) is 16.7. The van der Waals surface area contributed by atoms with Crippen molar-refractivity contribution >= 4 is 23.5 Å². The van der Waals surface area contributed by atoms with E-state index in [0.717, 1.165) is 5.69 Å². The van der Waals surface area contributed by atoms with Gasteiger partial charge in [0.1, 0.15) is 24.4 Å². The summed E-state index contributed by atoms with van der Waals surface area (Å²) >= 11 is 0. The maximum Gasteiger partial charge on any atom is 0.329 e. The number of anilines is 1. The lowest BCUT2D eigenvalue weighted by molar-refractivity contribution is -0.153. The number of methoxy groups -OCH3 is 1. The lowest BCUT2D eigenvalue weighted by atomic mass is 9.96. The molecule has 9 heteroatoms. The minimum atomic E-state index is -1.54. The third-order valence-corrected chi connectivity index (χ3v) is 7.25. The van der Waals surface area contributed by atoms with E-state index >= 15 is 0 Å². The zero-order valence-electron chi connectivity index (χ0n) is 24.8. The number of aliphatic hydroxyl groups excluding tert-OH is 1. The van der Waals surface area contributed by atoms with E-state index in [1.165, 1.54) is 11.0 Å². The van der Waals surface area contributed by atoms with Crippen LogP contribution in [0, 0.1) is 5.92 Å². The van der Waals surface area contributed by atoms with Crippen LogP contribution in [0.3, 0.4) is 0 Å². The summed E-state index contributed by atoms with van der Waals surface area (Å²) in [6.45, 7) is 12.1. The number of carbonyl (C=O) groups is 3. The molecule has 0 saturated carbocycles. The second-order valence-corrected chi connectivity index (χ2v) is 10.7. The molecule has 0 spiro atoms. The van der Waals surface area contributed by atoms with E-state index in [0.29, 0.717) is 43.7 Å². The minimum Gasteiger partial charge on any atom is -0.497 e. The predicted molar refractivity (Wildman–Crippen MR) is 163 cm³/mol. The van der Waals surface area contributed by atoms with E-state index in [4.69, 9.17) is 9.47 Å². The van der Waals surface area contributed by atoms with Crippen LogP contribution < -0.4 is 15.0 Å². The molecule has 1 heterocycles. The average molecular weight is 578 g/mol. The largest absolute Gasteiger partial charge is 0.497 e. The number of hydrogen-bond donors (Lipinski definition) is 2. The second-order valence-electron chi connectivity index (χ2n) is 10.7. The summed E-state index contributed by atoms with van der Waals surface area (Å²) in [5.41, 5.74) is 1.47. The van der Waals surface area contributed by atoms with Crippen LogP contribution in [-0.4, -0.2) is 72.8 Å². The van der Waals surface area contributed by atoms with Gasteiger partial charge in [-0.3, -0.25) is 9.59 Å². The number of benzene rings is 2. The molecule has 4 atom stereocenters. The third kappa shape index (κ3) is 8.22. The quantitative estimate of drug-likeness (QED) is 0.243. The zero-order chi connectivity index (χ0) is 30.6. The molecule has 3 rings (SSSR count). The monoisotopic (exact) mass is 577 g/mol. The number of hydrogen-bond acceptors (Lipinski definition) is 7. The summed E-state index contributed by atoms with van der Waals surface area (Å²) < 4.78 is 10.5. The molecule has 0 aliphatic carbocycles. The van der Waals surface area contributed by atoms with Gasteiger partial charge in [0.2, 0.25) is 5.91 Å². The Kier molecular flexibility index (Phi) is 12.2. The van der Waals surface area contributed by atoms with Crippen molar-refractivity contribution in [1.82, 2.24) is 10.2 Å². The molecule has 0 bridgehead atoms. The molecule has 0 radical (unpaired) electrons. The predicted octanol–water partition coefficient (Wildman–Crippen LogP) is 4.04. The summed E-state index contributed by atoms with van der Waals surface area (Å²) in [4.78, 5) is 43.5.